The van der Waals surface area contributed by atoms with Crippen LogP contribution in [-0.2, 0) is 0 Å². The van der Waals surface area contributed by atoms with Crippen LogP contribution >= 0.6 is 0 Å². The maximum absolute atomic E-state index is 12.1. The summed E-state index contributed by atoms with van der Waals surface area (Å²) in [5, 5.41) is 8.75. The van der Waals surface area contributed by atoms with E-state index in [2.05, 4.69) is 13.8 Å². The van der Waals surface area contributed by atoms with Crippen LogP contribution in [0.25, 0.3) is 0 Å². The molecule has 1 aliphatic rings. The van der Waals surface area contributed by atoms with Crippen LogP contribution in [0, 0.1) is 11.8 Å². The Bertz CT molecular complexity index is 465. The van der Waals surface area contributed by atoms with Gasteiger partial charge in [0.05, 0.1) is 0 Å². The van der Waals surface area contributed by atoms with Gasteiger partial charge in [0.1, 0.15) is 0 Å². The Labute approximate surface area is 105 Å². The predicted octanol–water partition coefficient (Wildman–Crippen LogP) is 2.10. The van der Waals surface area contributed by atoms with E-state index < -0.39 is 5.97 Å². The fourth-order valence-electron chi connectivity index (χ4n) is 2.17. The molecular formula is C13H17NO4. The Morgan fingerprint density at radius 2 is 1.94 bits per heavy atom. The molecule has 1 aliphatic heterocycles. The van der Waals surface area contributed by atoms with E-state index in [9.17, 15) is 9.59 Å². The first-order valence-electron chi connectivity index (χ1n) is 6.11. The Morgan fingerprint density at radius 1 is 1.28 bits per heavy atom. The molecule has 5 nitrogen and oxygen atoms in total. The molecule has 1 aromatic heterocycles. The van der Waals surface area contributed by atoms with Crippen molar-refractivity contribution in [2.45, 2.75) is 20.3 Å². The van der Waals surface area contributed by atoms with Gasteiger partial charge in [0.25, 0.3) is 5.91 Å². The highest BCUT2D eigenvalue weighted by atomic mass is 16.4. The second-order valence-electron chi connectivity index (χ2n) is 4.96. The van der Waals surface area contributed by atoms with Crippen molar-refractivity contribution < 1.29 is 19.1 Å². The van der Waals surface area contributed by atoms with Crippen molar-refractivity contribution in [2.24, 2.45) is 11.8 Å². The van der Waals surface area contributed by atoms with E-state index in [1.807, 2.05) is 0 Å². The number of rotatable bonds is 2. The number of piperidine rings is 1. The lowest BCUT2D eigenvalue weighted by Crippen LogP contribution is -2.42. The summed E-state index contributed by atoms with van der Waals surface area (Å²) >= 11 is 0. The van der Waals surface area contributed by atoms with Crippen molar-refractivity contribution in [1.29, 1.82) is 0 Å². The molecule has 1 saturated heterocycles. The van der Waals surface area contributed by atoms with Crippen molar-refractivity contribution in [1.82, 2.24) is 4.90 Å². The molecule has 2 atom stereocenters. The van der Waals surface area contributed by atoms with Gasteiger partial charge in [-0.1, -0.05) is 13.8 Å². The van der Waals surface area contributed by atoms with Crippen molar-refractivity contribution in [3.05, 3.63) is 23.7 Å². The highest BCUT2D eigenvalue weighted by Gasteiger charge is 2.28. The number of amides is 1. The Hall–Kier alpha value is -1.78. The maximum atomic E-state index is 12.1. The van der Waals surface area contributed by atoms with Gasteiger partial charge in [-0.25, -0.2) is 4.79 Å². The molecule has 18 heavy (non-hydrogen) atoms. The molecule has 5 heteroatoms. The summed E-state index contributed by atoms with van der Waals surface area (Å²) < 4.78 is 5.03. The molecule has 98 valence electrons. The molecule has 2 rings (SSSR count). The van der Waals surface area contributed by atoms with Gasteiger partial charge in [-0.05, 0) is 30.4 Å². The number of carboxylic acids is 1. The number of likely N-dealkylation sites (tertiary alicyclic amines) is 1. The molecule has 0 saturated carbocycles. The second-order valence-corrected chi connectivity index (χ2v) is 4.96. The lowest BCUT2D eigenvalue weighted by atomic mass is 9.88. The lowest BCUT2D eigenvalue weighted by Gasteiger charge is -2.34. The molecule has 1 aromatic rings. The monoisotopic (exact) mass is 251 g/mol. The molecule has 0 radical (unpaired) electrons. The van der Waals surface area contributed by atoms with Crippen LogP contribution in [-0.4, -0.2) is 35.0 Å². The minimum absolute atomic E-state index is 0.106. The zero-order chi connectivity index (χ0) is 13.3. The maximum Gasteiger partial charge on any atom is 0.371 e. The highest BCUT2D eigenvalue weighted by molar-refractivity contribution is 5.93. The summed E-state index contributed by atoms with van der Waals surface area (Å²) in [4.78, 5) is 24.5. The van der Waals surface area contributed by atoms with Crippen molar-refractivity contribution in [3.63, 3.8) is 0 Å². The topological polar surface area (TPSA) is 70.8 Å². The van der Waals surface area contributed by atoms with Crippen LogP contribution in [0.5, 0.6) is 0 Å². The molecule has 2 heterocycles. The standard InChI is InChI=1S/C13H17NO4/c1-8-5-6-14(7-9(8)2)12(15)10-3-4-11(18-10)13(16)17/h3-4,8-9H,5-7H2,1-2H3,(H,16,17). The van der Waals surface area contributed by atoms with Crippen molar-refractivity contribution >= 4 is 11.9 Å². The van der Waals surface area contributed by atoms with E-state index in [0.717, 1.165) is 6.42 Å². The van der Waals surface area contributed by atoms with Gasteiger partial charge in [0, 0.05) is 13.1 Å². The molecule has 2 unspecified atom stereocenters. The Balaban J connectivity index is 2.09. The normalized spacial score (nSPS) is 24.0. The van der Waals surface area contributed by atoms with Crippen LogP contribution in [0.15, 0.2) is 16.5 Å². The Kier molecular flexibility index (Phi) is 3.41. The van der Waals surface area contributed by atoms with E-state index in [-0.39, 0.29) is 17.4 Å². The Morgan fingerprint density at radius 3 is 2.50 bits per heavy atom. The number of carbonyl (C=O) groups is 2. The molecule has 0 aliphatic carbocycles. The third-order valence-corrected chi connectivity index (χ3v) is 3.65. The minimum atomic E-state index is -1.16. The van der Waals surface area contributed by atoms with Gasteiger partial charge in [0.2, 0.25) is 5.76 Å². The fourth-order valence-corrected chi connectivity index (χ4v) is 2.17. The predicted molar refractivity (Wildman–Crippen MR) is 64.5 cm³/mol. The molecule has 0 spiro atoms. The molecule has 1 amide bonds. The molecule has 1 fully saturated rings. The zero-order valence-electron chi connectivity index (χ0n) is 10.5. The first-order chi connectivity index (χ1) is 8.49. The third-order valence-electron chi connectivity index (χ3n) is 3.65. The summed E-state index contributed by atoms with van der Waals surface area (Å²) in [5.74, 6) is -0.404. The quantitative estimate of drug-likeness (QED) is 0.873. The average Bonchev–Trinajstić information content (AvgIpc) is 2.81. The molecule has 0 aromatic carbocycles. The van der Waals surface area contributed by atoms with Gasteiger partial charge in [-0.3, -0.25) is 4.79 Å². The summed E-state index contributed by atoms with van der Waals surface area (Å²) in [5.41, 5.74) is 0. The first-order valence-corrected chi connectivity index (χ1v) is 6.11. The van der Waals surface area contributed by atoms with Gasteiger partial charge in [0.15, 0.2) is 5.76 Å². The first kappa shape index (κ1) is 12.7. The molecular weight excluding hydrogens is 234 g/mol. The van der Waals surface area contributed by atoms with Gasteiger partial charge in [-0.15, -0.1) is 0 Å². The van der Waals surface area contributed by atoms with E-state index in [0.29, 0.717) is 24.9 Å². The number of hydrogen-bond acceptors (Lipinski definition) is 3. The van der Waals surface area contributed by atoms with E-state index in [4.69, 9.17) is 9.52 Å². The number of hydrogen-bond donors (Lipinski definition) is 1. The molecule has 1 N–H and O–H groups in total. The number of carboxylic acid groups (broad SMARTS) is 1. The fraction of sp³-hybridized carbons (Fsp3) is 0.538. The summed E-state index contributed by atoms with van der Waals surface area (Å²) in [7, 11) is 0. The van der Waals surface area contributed by atoms with Crippen LogP contribution < -0.4 is 0 Å². The van der Waals surface area contributed by atoms with Crippen LogP contribution in [0.1, 0.15) is 41.4 Å². The highest BCUT2D eigenvalue weighted by Crippen LogP contribution is 2.24. The summed E-state index contributed by atoms with van der Waals surface area (Å²) in [6.45, 7) is 5.70. The lowest BCUT2D eigenvalue weighted by molar-refractivity contribution is 0.0583. The SMILES string of the molecule is CC1CCN(C(=O)c2ccc(C(=O)O)o2)CC1C. The number of nitrogens with zero attached hydrogens (tertiary/aromatic N) is 1. The van der Waals surface area contributed by atoms with E-state index in [1.54, 1.807) is 4.90 Å². The number of aromatic carboxylic acids is 1. The van der Waals surface area contributed by atoms with Crippen molar-refractivity contribution in [2.75, 3.05) is 13.1 Å². The van der Waals surface area contributed by atoms with Crippen LogP contribution in [0.3, 0.4) is 0 Å². The summed E-state index contributed by atoms with van der Waals surface area (Å²) in [6, 6.07) is 2.74. The van der Waals surface area contributed by atoms with Gasteiger partial charge >= 0.3 is 5.97 Å². The van der Waals surface area contributed by atoms with Crippen LogP contribution in [0.4, 0.5) is 0 Å². The number of carbonyl (C=O) groups excluding carboxylic acids is 1. The van der Waals surface area contributed by atoms with Crippen LogP contribution in [0.2, 0.25) is 0 Å². The molecule has 0 bridgehead atoms. The third kappa shape index (κ3) is 2.39. The smallest absolute Gasteiger partial charge is 0.371 e. The van der Waals surface area contributed by atoms with Crippen molar-refractivity contribution in [3.8, 4) is 0 Å². The van der Waals surface area contributed by atoms with Gasteiger partial charge < -0.3 is 14.4 Å². The minimum Gasteiger partial charge on any atom is -0.475 e. The van der Waals surface area contributed by atoms with E-state index >= 15 is 0 Å². The second kappa shape index (κ2) is 4.84. The van der Waals surface area contributed by atoms with E-state index in [1.165, 1.54) is 12.1 Å². The average molecular weight is 251 g/mol. The number of furan rings is 1. The van der Waals surface area contributed by atoms with Gasteiger partial charge in [-0.2, -0.15) is 0 Å². The zero-order valence-corrected chi connectivity index (χ0v) is 10.5. The largest absolute Gasteiger partial charge is 0.475 e. The summed E-state index contributed by atoms with van der Waals surface area (Å²) in [6.07, 6.45) is 0.972.